The van der Waals surface area contributed by atoms with Gasteiger partial charge in [-0.1, -0.05) is 0 Å². The largest absolute Gasteiger partial charge is 0.548 e. The fourth-order valence-electron chi connectivity index (χ4n) is 1.61. The number of benzene rings is 1. The zero-order valence-corrected chi connectivity index (χ0v) is 11.5. The van der Waals surface area contributed by atoms with Gasteiger partial charge in [0.15, 0.2) is 0 Å². The van der Waals surface area contributed by atoms with Crippen LogP contribution in [0.3, 0.4) is 0 Å². The molecule has 1 heterocycles. The minimum absolute atomic E-state index is 0.101. The predicted molar refractivity (Wildman–Crippen MR) is 70.0 cm³/mol. The second kappa shape index (κ2) is 5.14. The maximum Gasteiger partial charge on any atom is 0.314 e. The highest BCUT2D eigenvalue weighted by Gasteiger charge is 2.18. The molecular weight excluding hydrogens is 302 g/mol. The van der Waals surface area contributed by atoms with E-state index < -0.39 is 33.2 Å². The van der Waals surface area contributed by atoms with Crippen LogP contribution in [0, 0.1) is 0 Å². The lowest BCUT2D eigenvalue weighted by Gasteiger charge is -2.15. The van der Waals surface area contributed by atoms with Crippen LogP contribution in [0.5, 0.6) is 0 Å². The summed E-state index contributed by atoms with van der Waals surface area (Å²) in [7, 11) is -4.10. The van der Waals surface area contributed by atoms with Crippen LogP contribution in [-0.2, 0) is 14.8 Å². The molecule has 0 aliphatic heterocycles. The molecule has 0 bridgehead atoms. The van der Waals surface area contributed by atoms with Crippen molar-refractivity contribution in [2.75, 3.05) is 0 Å². The minimum atomic E-state index is -4.10. The van der Waals surface area contributed by atoms with Crippen LogP contribution < -0.4 is 20.9 Å². The fraction of sp³-hybridized carbons (Fsp3) is 0.182. The Hall–Kier alpha value is -2.46. The molecule has 2 aromatic rings. The molecule has 3 N–H and O–H groups in total. The number of aromatic nitrogens is 2. The summed E-state index contributed by atoms with van der Waals surface area (Å²) in [6.45, 7) is 1.12. The van der Waals surface area contributed by atoms with Gasteiger partial charge in [-0.15, -0.1) is 0 Å². The molecule has 0 aliphatic carbocycles. The van der Waals surface area contributed by atoms with Gasteiger partial charge in [-0.2, -0.15) is 0 Å². The van der Waals surface area contributed by atoms with Crippen molar-refractivity contribution in [3.63, 3.8) is 0 Å². The molecule has 1 atom stereocenters. The number of sulfonamides is 1. The first-order valence-electron chi connectivity index (χ1n) is 5.70. The summed E-state index contributed by atoms with van der Waals surface area (Å²) in [5, 5.41) is 10.6. The first kappa shape index (κ1) is 14.9. The smallest absolute Gasteiger partial charge is 0.314 e. The molecule has 0 amide bonds. The van der Waals surface area contributed by atoms with Gasteiger partial charge in [-0.25, -0.2) is 13.1 Å². The average Bonchev–Trinajstić information content (AvgIpc) is 2.38. The van der Waals surface area contributed by atoms with Crippen molar-refractivity contribution in [3.8, 4) is 0 Å². The van der Waals surface area contributed by atoms with Gasteiger partial charge in [0.2, 0.25) is 10.0 Å². The number of carbonyl (C=O) groups excluding carboxylic acids is 1. The van der Waals surface area contributed by atoms with Crippen molar-refractivity contribution in [2.24, 2.45) is 0 Å². The Morgan fingerprint density at radius 2 is 1.76 bits per heavy atom. The summed E-state index contributed by atoms with van der Waals surface area (Å²) in [5.74, 6) is -1.57. The number of carboxylic acid groups (broad SMARTS) is 1. The number of hydrogen-bond acceptors (Lipinski definition) is 6. The number of aromatic amines is 2. The third kappa shape index (κ3) is 3.01. The highest BCUT2D eigenvalue weighted by atomic mass is 32.2. The van der Waals surface area contributed by atoms with Crippen LogP contribution in [0.25, 0.3) is 11.0 Å². The van der Waals surface area contributed by atoms with Gasteiger partial charge in [0.05, 0.1) is 27.9 Å². The van der Waals surface area contributed by atoms with Crippen LogP contribution in [0.2, 0.25) is 0 Å². The van der Waals surface area contributed by atoms with Crippen LogP contribution >= 0.6 is 0 Å². The van der Waals surface area contributed by atoms with Crippen LogP contribution in [0.15, 0.2) is 32.7 Å². The molecule has 10 heteroatoms. The molecule has 0 spiro atoms. The molecule has 2 rings (SSSR count). The van der Waals surface area contributed by atoms with Gasteiger partial charge >= 0.3 is 11.1 Å². The van der Waals surface area contributed by atoms with Gasteiger partial charge < -0.3 is 19.9 Å². The van der Waals surface area contributed by atoms with E-state index in [1.54, 1.807) is 0 Å². The van der Waals surface area contributed by atoms with E-state index in [9.17, 15) is 27.9 Å². The maximum atomic E-state index is 12.0. The quantitative estimate of drug-likeness (QED) is 0.537. The number of H-pyrrole nitrogens is 2. The molecule has 0 saturated carbocycles. The Morgan fingerprint density at radius 3 is 2.33 bits per heavy atom. The van der Waals surface area contributed by atoms with Crippen molar-refractivity contribution in [2.45, 2.75) is 17.9 Å². The number of carbonyl (C=O) groups is 1. The maximum absolute atomic E-state index is 12.0. The molecule has 21 heavy (non-hydrogen) atoms. The predicted octanol–water partition coefficient (Wildman–Crippen LogP) is -2.37. The fourth-order valence-corrected chi connectivity index (χ4v) is 2.83. The second-order valence-electron chi connectivity index (χ2n) is 4.28. The van der Waals surface area contributed by atoms with Gasteiger partial charge in [0.1, 0.15) is 0 Å². The summed E-state index contributed by atoms with van der Waals surface area (Å²) >= 11 is 0. The summed E-state index contributed by atoms with van der Waals surface area (Å²) in [6.07, 6.45) is 0. The van der Waals surface area contributed by atoms with Crippen molar-refractivity contribution in [3.05, 3.63) is 38.9 Å². The molecule has 0 radical (unpaired) electrons. The molecule has 0 aliphatic rings. The Kier molecular flexibility index (Phi) is 3.66. The SMILES string of the molecule is C[C@H](NS(=O)(=O)c1ccc2[nH]c(=O)c(=O)[nH]c2c1)C(=O)[O-]. The molecule has 0 fully saturated rings. The number of nitrogens with one attached hydrogen (secondary N) is 3. The van der Waals surface area contributed by atoms with E-state index in [4.69, 9.17) is 0 Å². The highest BCUT2D eigenvalue weighted by molar-refractivity contribution is 7.89. The van der Waals surface area contributed by atoms with E-state index in [0.717, 1.165) is 13.0 Å². The van der Waals surface area contributed by atoms with E-state index >= 15 is 0 Å². The second-order valence-corrected chi connectivity index (χ2v) is 5.99. The van der Waals surface area contributed by atoms with E-state index in [2.05, 4.69) is 9.97 Å². The monoisotopic (exact) mass is 312 g/mol. The van der Waals surface area contributed by atoms with E-state index in [1.165, 1.54) is 12.1 Å². The van der Waals surface area contributed by atoms with Gasteiger partial charge in [0.25, 0.3) is 0 Å². The highest BCUT2D eigenvalue weighted by Crippen LogP contribution is 2.14. The summed E-state index contributed by atoms with van der Waals surface area (Å²) < 4.78 is 25.9. The van der Waals surface area contributed by atoms with Crippen molar-refractivity contribution < 1.29 is 18.3 Å². The lowest BCUT2D eigenvalue weighted by atomic mass is 10.3. The third-order valence-electron chi connectivity index (χ3n) is 2.69. The number of aliphatic carboxylic acids is 1. The number of carboxylic acids is 1. The number of rotatable bonds is 4. The lowest BCUT2D eigenvalue weighted by Crippen LogP contribution is -2.45. The molecular formula is C11H10N3O6S-. The molecule has 1 aromatic heterocycles. The van der Waals surface area contributed by atoms with Crippen LogP contribution in [-0.4, -0.2) is 30.4 Å². The van der Waals surface area contributed by atoms with Gasteiger partial charge in [-0.05, 0) is 25.1 Å². The minimum Gasteiger partial charge on any atom is -0.548 e. The van der Waals surface area contributed by atoms with Crippen molar-refractivity contribution in [1.82, 2.24) is 14.7 Å². The molecule has 1 aromatic carbocycles. The molecule has 9 nitrogen and oxygen atoms in total. The number of fused-ring (bicyclic) bond motifs is 1. The molecule has 0 saturated heterocycles. The first-order chi connectivity index (χ1) is 9.70. The lowest BCUT2D eigenvalue weighted by molar-refractivity contribution is -0.307. The molecule has 0 unspecified atom stereocenters. The van der Waals surface area contributed by atoms with E-state index in [0.29, 0.717) is 0 Å². The van der Waals surface area contributed by atoms with Gasteiger partial charge in [-0.3, -0.25) is 9.59 Å². The normalized spacial score (nSPS) is 13.2. The van der Waals surface area contributed by atoms with Crippen molar-refractivity contribution >= 4 is 27.0 Å². The van der Waals surface area contributed by atoms with Gasteiger partial charge in [0, 0.05) is 0 Å². The summed E-state index contributed by atoms with van der Waals surface area (Å²) in [4.78, 5) is 37.2. The van der Waals surface area contributed by atoms with Crippen molar-refractivity contribution in [1.29, 1.82) is 0 Å². The average molecular weight is 312 g/mol. The zero-order valence-electron chi connectivity index (χ0n) is 10.7. The zero-order chi connectivity index (χ0) is 15.8. The Bertz CT molecular complexity index is 927. The third-order valence-corrected chi connectivity index (χ3v) is 4.23. The number of hydrogen-bond donors (Lipinski definition) is 3. The molecule has 112 valence electrons. The Balaban J connectivity index is 2.52. The topological polar surface area (TPSA) is 152 Å². The van der Waals surface area contributed by atoms with E-state index in [-0.39, 0.29) is 15.9 Å². The summed E-state index contributed by atoms with van der Waals surface area (Å²) in [6, 6.07) is 2.14. The Morgan fingerprint density at radius 1 is 1.19 bits per heavy atom. The Labute approximate surface area is 117 Å². The van der Waals surface area contributed by atoms with E-state index in [1.807, 2.05) is 4.72 Å². The standard InChI is InChI=1S/C11H11N3O6S/c1-5(11(17)18)14-21(19,20)6-2-3-7-8(4-6)13-10(16)9(15)12-7/h2-5,14H,1H3,(H,12,15)(H,13,16)(H,17,18)/p-1/t5-/m0/s1. The van der Waals surface area contributed by atoms with Crippen LogP contribution in [0.4, 0.5) is 0 Å². The first-order valence-corrected chi connectivity index (χ1v) is 7.18. The summed E-state index contributed by atoms with van der Waals surface area (Å²) in [5.41, 5.74) is -1.44. The van der Waals surface area contributed by atoms with Crippen LogP contribution in [0.1, 0.15) is 6.92 Å².